The fourth-order valence-electron chi connectivity index (χ4n) is 1.94. The summed E-state index contributed by atoms with van der Waals surface area (Å²) >= 11 is 2.52. The van der Waals surface area contributed by atoms with E-state index in [0.717, 1.165) is 32.3 Å². The summed E-state index contributed by atoms with van der Waals surface area (Å²) in [5.41, 5.74) is 1.000. The van der Waals surface area contributed by atoms with Crippen LogP contribution in [0.5, 0.6) is 0 Å². The molecule has 0 aliphatic heterocycles. The van der Waals surface area contributed by atoms with E-state index >= 15 is 0 Å². The molecule has 1 aromatic carbocycles. The van der Waals surface area contributed by atoms with Gasteiger partial charge in [-0.05, 0) is 23.9 Å². The molecule has 0 radical (unpaired) electrons. The van der Waals surface area contributed by atoms with Crippen molar-refractivity contribution in [1.82, 2.24) is 0 Å². The molecule has 0 saturated heterocycles. The van der Waals surface area contributed by atoms with E-state index in [0.29, 0.717) is 0 Å². The quantitative estimate of drug-likeness (QED) is 0.911. The van der Waals surface area contributed by atoms with Crippen LogP contribution in [0, 0.1) is 6.92 Å². The molecule has 102 valence electrons. The number of benzene rings is 1. The number of thioether (sulfide) groups is 1. The third-order valence-electron chi connectivity index (χ3n) is 2.97. The van der Waals surface area contributed by atoms with E-state index in [4.69, 9.17) is 0 Å². The van der Waals surface area contributed by atoms with Crippen molar-refractivity contribution in [2.24, 2.45) is 0 Å². The topological polar surface area (TPSA) is 57.5 Å². The number of carbonyl (C=O) groups is 1. The molecule has 0 amide bonds. The SMILES string of the molecule is CC(=O)SCC(O)C(O)c1sc2ccccc2c1C. The molecule has 2 rings (SSSR count). The van der Waals surface area contributed by atoms with Gasteiger partial charge in [0.05, 0.1) is 6.10 Å². The molecule has 0 aliphatic rings. The maximum Gasteiger partial charge on any atom is 0.185 e. The molecule has 1 heterocycles. The molecule has 1 aromatic heterocycles. The first-order valence-electron chi connectivity index (χ1n) is 5.98. The minimum absolute atomic E-state index is 0.0562. The highest BCUT2D eigenvalue weighted by Gasteiger charge is 2.23. The first-order valence-corrected chi connectivity index (χ1v) is 7.78. The molecule has 2 unspecified atom stereocenters. The molecule has 2 N–H and O–H groups in total. The highest BCUT2D eigenvalue weighted by molar-refractivity contribution is 8.13. The third-order valence-corrected chi connectivity index (χ3v) is 5.23. The lowest BCUT2D eigenvalue weighted by Crippen LogP contribution is -2.21. The van der Waals surface area contributed by atoms with Crippen LogP contribution >= 0.6 is 23.1 Å². The lowest BCUT2D eigenvalue weighted by molar-refractivity contribution is -0.109. The van der Waals surface area contributed by atoms with Crippen LogP contribution in [0.3, 0.4) is 0 Å². The van der Waals surface area contributed by atoms with Crippen molar-refractivity contribution in [3.05, 3.63) is 34.7 Å². The molecule has 0 aliphatic carbocycles. The average Bonchev–Trinajstić information content (AvgIpc) is 2.73. The maximum absolute atomic E-state index is 10.9. The Labute approximate surface area is 120 Å². The maximum atomic E-state index is 10.9. The largest absolute Gasteiger partial charge is 0.389 e. The second kappa shape index (κ2) is 6.05. The first-order chi connectivity index (χ1) is 9.00. The number of carbonyl (C=O) groups excluding carboxylic acids is 1. The van der Waals surface area contributed by atoms with Crippen molar-refractivity contribution in [3.8, 4) is 0 Å². The highest BCUT2D eigenvalue weighted by Crippen LogP contribution is 2.36. The van der Waals surface area contributed by atoms with Crippen LogP contribution < -0.4 is 0 Å². The number of aliphatic hydroxyl groups excluding tert-OH is 2. The highest BCUT2D eigenvalue weighted by atomic mass is 32.2. The molecular formula is C14H16O3S2. The van der Waals surface area contributed by atoms with Gasteiger partial charge in [-0.15, -0.1) is 11.3 Å². The van der Waals surface area contributed by atoms with E-state index in [1.165, 1.54) is 18.3 Å². The summed E-state index contributed by atoms with van der Waals surface area (Å²) in [5, 5.41) is 21.2. The fourth-order valence-corrected chi connectivity index (χ4v) is 3.79. The van der Waals surface area contributed by atoms with E-state index in [1.807, 2.05) is 31.2 Å². The molecule has 0 spiro atoms. The van der Waals surface area contributed by atoms with Crippen LogP contribution in [0.25, 0.3) is 10.1 Å². The van der Waals surface area contributed by atoms with Crippen molar-refractivity contribution in [3.63, 3.8) is 0 Å². The number of rotatable bonds is 4. The van der Waals surface area contributed by atoms with E-state index < -0.39 is 12.2 Å². The summed E-state index contributed by atoms with van der Waals surface area (Å²) in [4.78, 5) is 11.7. The standard InChI is InChI=1S/C14H16O3S2/c1-8-10-5-3-4-6-12(10)19-14(8)13(17)11(16)7-18-9(2)15/h3-6,11,13,16-17H,7H2,1-2H3. The van der Waals surface area contributed by atoms with Gasteiger partial charge < -0.3 is 10.2 Å². The van der Waals surface area contributed by atoms with Crippen LogP contribution in [0.2, 0.25) is 0 Å². The molecule has 0 bridgehead atoms. The van der Waals surface area contributed by atoms with Crippen molar-refractivity contribution in [1.29, 1.82) is 0 Å². The van der Waals surface area contributed by atoms with Gasteiger partial charge in [-0.1, -0.05) is 30.0 Å². The van der Waals surface area contributed by atoms with Gasteiger partial charge in [0.25, 0.3) is 0 Å². The molecular weight excluding hydrogens is 280 g/mol. The van der Waals surface area contributed by atoms with Gasteiger partial charge in [-0.3, -0.25) is 4.79 Å². The van der Waals surface area contributed by atoms with Gasteiger partial charge >= 0.3 is 0 Å². The smallest absolute Gasteiger partial charge is 0.185 e. The van der Waals surface area contributed by atoms with Crippen LogP contribution in [-0.4, -0.2) is 27.2 Å². The number of thiophene rings is 1. The Morgan fingerprint density at radius 3 is 2.68 bits per heavy atom. The molecule has 2 aromatic rings. The Morgan fingerprint density at radius 2 is 2.05 bits per heavy atom. The zero-order chi connectivity index (χ0) is 14.0. The van der Waals surface area contributed by atoms with Crippen molar-refractivity contribution < 1.29 is 15.0 Å². The fraction of sp³-hybridized carbons (Fsp3) is 0.357. The van der Waals surface area contributed by atoms with Crippen LogP contribution in [-0.2, 0) is 4.79 Å². The molecule has 0 saturated carbocycles. The summed E-state index contributed by atoms with van der Waals surface area (Å²) in [6.45, 7) is 3.40. The Bertz CT molecular complexity index is 591. The Balaban J connectivity index is 2.23. The van der Waals surface area contributed by atoms with Crippen LogP contribution in [0.1, 0.15) is 23.5 Å². The first kappa shape index (κ1) is 14.5. The molecule has 5 heteroatoms. The normalized spacial score (nSPS) is 14.5. The van der Waals surface area contributed by atoms with E-state index in [-0.39, 0.29) is 10.9 Å². The zero-order valence-corrected chi connectivity index (χ0v) is 12.4. The summed E-state index contributed by atoms with van der Waals surface area (Å²) in [6, 6.07) is 7.92. The molecule has 2 atom stereocenters. The Morgan fingerprint density at radius 1 is 1.37 bits per heavy atom. The summed E-state index contributed by atoms with van der Waals surface area (Å²) < 4.78 is 1.10. The van der Waals surface area contributed by atoms with Gasteiger partial charge in [0.1, 0.15) is 6.10 Å². The minimum atomic E-state index is -0.941. The predicted octanol–water partition coefficient (Wildman–Crippen LogP) is 2.88. The Hall–Kier alpha value is -0.880. The number of hydrogen-bond donors (Lipinski definition) is 2. The second-order valence-corrected chi connectivity index (χ2v) is 6.68. The number of hydrogen-bond acceptors (Lipinski definition) is 5. The Kier molecular flexibility index (Phi) is 4.62. The van der Waals surface area contributed by atoms with Gasteiger partial charge in [-0.25, -0.2) is 0 Å². The number of aryl methyl sites for hydroxylation is 1. The lowest BCUT2D eigenvalue weighted by Gasteiger charge is -2.16. The molecule has 3 nitrogen and oxygen atoms in total. The lowest BCUT2D eigenvalue weighted by atomic mass is 10.1. The number of fused-ring (bicyclic) bond motifs is 1. The zero-order valence-electron chi connectivity index (χ0n) is 10.8. The minimum Gasteiger partial charge on any atom is -0.389 e. The van der Waals surface area contributed by atoms with Gasteiger partial charge in [0, 0.05) is 22.3 Å². The van der Waals surface area contributed by atoms with E-state index in [1.54, 1.807) is 0 Å². The molecule has 0 fully saturated rings. The van der Waals surface area contributed by atoms with Crippen molar-refractivity contribution in [2.45, 2.75) is 26.1 Å². The van der Waals surface area contributed by atoms with Crippen molar-refractivity contribution >= 4 is 38.3 Å². The van der Waals surface area contributed by atoms with E-state index in [9.17, 15) is 15.0 Å². The molecule has 19 heavy (non-hydrogen) atoms. The summed E-state index contributed by atoms with van der Waals surface area (Å²) in [7, 11) is 0. The monoisotopic (exact) mass is 296 g/mol. The van der Waals surface area contributed by atoms with E-state index in [2.05, 4.69) is 0 Å². The number of aliphatic hydroxyl groups is 2. The summed E-state index contributed by atoms with van der Waals surface area (Å²) in [5.74, 6) is 0.212. The second-order valence-electron chi connectivity index (χ2n) is 4.40. The van der Waals surface area contributed by atoms with Crippen LogP contribution in [0.15, 0.2) is 24.3 Å². The van der Waals surface area contributed by atoms with Crippen LogP contribution in [0.4, 0.5) is 0 Å². The third kappa shape index (κ3) is 3.17. The van der Waals surface area contributed by atoms with Crippen molar-refractivity contribution in [2.75, 3.05) is 5.75 Å². The summed E-state index contributed by atoms with van der Waals surface area (Å²) in [6.07, 6.45) is -1.87. The van der Waals surface area contributed by atoms with Gasteiger partial charge in [0.2, 0.25) is 0 Å². The predicted molar refractivity (Wildman–Crippen MR) is 80.7 cm³/mol. The van der Waals surface area contributed by atoms with Gasteiger partial charge in [-0.2, -0.15) is 0 Å². The van der Waals surface area contributed by atoms with Gasteiger partial charge in [0.15, 0.2) is 5.12 Å². The average molecular weight is 296 g/mol.